The van der Waals surface area contributed by atoms with Gasteiger partial charge in [-0.15, -0.1) is 0 Å². The molecule has 0 spiro atoms. The van der Waals surface area contributed by atoms with E-state index in [1.165, 1.54) is 6.92 Å². The molecule has 150 valence electrons. The van der Waals surface area contributed by atoms with E-state index >= 15 is 0 Å². The average Bonchev–Trinajstić information content (AvgIpc) is 2.59. The Hall–Kier alpha value is -2.05. The Bertz CT molecular complexity index is 595. The fourth-order valence-electron chi connectivity index (χ4n) is 2.34. The van der Waals surface area contributed by atoms with Crippen LogP contribution in [0.1, 0.15) is 44.7 Å². The maximum Gasteiger partial charge on any atom is 0.246 e. The molecule has 0 saturated carbocycles. The van der Waals surface area contributed by atoms with Crippen molar-refractivity contribution in [2.45, 2.75) is 46.6 Å². The Kier molecular flexibility index (Phi) is 11.2. The van der Waals surface area contributed by atoms with Crippen molar-refractivity contribution in [2.24, 2.45) is 5.92 Å². The van der Waals surface area contributed by atoms with E-state index < -0.39 is 0 Å². The predicted molar refractivity (Wildman–Crippen MR) is 103 cm³/mol. The minimum absolute atomic E-state index is 0.0261. The number of ketones is 2. The van der Waals surface area contributed by atoms with Crippen LogP contribution in [0.4, 0.5) is 0 Å². The van der Waals surface area contributed by atoms with Crippen LogP contribution in [0.15, 0.2) is 24.3 Å². The molecule has 0 unspecified atom stereocenters. The second kappa shape index (κ2) is 13.2. The van der Waals surface area contributed by atoms with E-state index in [2.05, 4.69) is 19.2 Å². The standard InChI is InChI=1S/C21H31NO5/c1-16(2)14-26-9-4-10-27-15-21(25)22-13-19-7-5-18(6-8-19)12-20(24)11-17(3)23/h5-8,16H,4,9-15H2,1-3H3,(H,22,25). The van der Waals surface area contributed by atoms with Crippen LogP contribution in [0.5, 0.6) is 0 Å². The molecule has 1 aromatic rings. The first-order valence-corrected chi connectivity index (χ1v) is 9.38. The average molecular weight is 377 g/mol. The van der Waals surface area contributed by atoms with E-state index in [9.17, 15) is 14.4 Å². The summed E-state index contributed by atoms with van der Waals surface area (Å²) in [5.74, 6) is 0.144. The highest BCUT2D eigenvalue weighted by Crippen LogP contribution is 2.07. The van der Waals surface area contributed by atoms with Gasteiger partial charge in [-0.3, -0.25) is 14.4 Å². The summed E-state index contributed by atoms with van der Waals surface area (Å²) in [6.45, 7) is 7.92. The Balaban J connectivity index is 2.17. The number of benzene rings is 1. The number of Topliss-reactive ketones (excluding diaryl/α,β-unsaturated/α-hetero) is 2. The molecule has 0 bridgehead atoms. The molecule has 0 heterocycles. The number of ether oxygens (including phenoxy) is 2. The number of hydrogen-bond acceptors (Lipinski definition) is 5. The Labute approximate surface area is 161 Å². The van der Waals surface area contributed by atoms with Crippen LogP contribution in [0, 0.1) is 5.92 Å². The molecule has 1 amide bonds. The molecule has 0 fully saturated rings. The number of nitrogens with one attached hydrogen (secondary N) is 1. The second-order valence-corrected chi connectivity index (χ2v) is 7.06. The molecule has 0 aromatic heterocycles. The Morgan fingerprint density at radius 2 is 1.63 bits per heavy atom. The van der Waals surface area contributed by atoms with Gasteiger partial charge in [-0.05, 0) is 30.4 Å². The molecule has 1 N–H and O–H groups in total. The highest BCUT2D eigenvalue weighted by Gasteiger charge is 2.07. The summed E-state index contributed by atoms with van der Waals surface area (Å²) in [6.07, 6.45) is 0.992. The van der Waals surface area contributed by atoms with Crippen molar-refractivity contribution in [2.75, 3.05) is 26.4 Å². The summed E-state index contributed by atoms with van der Waals surface area (Å²) in [6, 6.07) is 7.41. The Morgan fingerprint density at radius 1 is 1.00 bits per heavy atom. The van der Waals surface area contributed by atoms with E-state index in [0.29, 0.717) is 25.7 Å². The zero-order chi connectivity index (χ0) is 20.1. The van der Waals surface area contributed by atoms with Gasteiger partial charge in [0.1, 0.15) is 18.2 Å². The van der Waals surface area contributed by atoms with E-state index in [4.69, 9.17) is 9.47 Å². The highest BCUT2D eigenvalue weighted by molar-refractivity contribution is 5.98. The van der Waals surface area contributed by atoms with Crippen molar-refractivity contribution in [3.8, 4) is 0 Å². The zero-order valence-electron chi connectivity index (χ0n) is 16.6. The molecule has 6 heteroatoms. The lowest BCUT2D eigenvalue weighted by molar-refractivity contribution is -0.126. The maximum absolute atomic E-state index is 11.8. The number of carbonyl (C=O) groups is 3. The molecule has 1 aromatic carbocycles. The molecular formula is C21H31NO5. The van der Waals surface area contributed by atoms with Gasteiger partial charge in [0.05, 0.1) is 6.42 Å². The molecule has 0 aliphatic carbocycles. The minimum Gasteiger partial charge on any atom is -0.381 e. The molecule has 0 aliphatic rings. The Morgan fingerprint density at radius 3 is 2.26 bits per heavy atom. The van der Waals surface area contributed by atoms with E-state index in [0.717, 1.165) is 24.2 Å². The predicted octanol–water partition coefficient (Wildman–Crippen LogP) is 2.47. The normalized spacial score (nSPS) is 10.8. The first kappa shape index (κ1) is 23.0. The number of carbonyl (C=O) groups excluding carboxylic acids is 3. The van der Waals surface area contributed by atoms with Gasteiger partial charge >= 0.3 is 0 Å². The molecule has 0 aliphatic heterocycles. The zero-order valence-corrected chi connectivity index (χ0v) is 16.6. The number of amides is 1. The van der Waals surface area contributed by atoms with E-state index in [-0.39, 0.29) is 36.9 Å². The molecule has 0 saturated heterocycles. The van der Waals surface area contributed by atoms with Gasteiger partial charge in [-0.2, -0.15) is 0 Å². The topological polar surface area (TPSA) is 81.7 Å². The molecule has 0 radical (unpaired) electrons. The van der Waals surface area contributed by atoms with Crippen LogP contribution in [0.25, 0.3) is 0 Å². The lowest BCUT2D eigenvalue weighted by Crippen LogP contribution is -2.27. The second-order valence-electron chi connectivity index (χ2n) is 7.06. The fourth-order valence-corrected chi connectivity index (χ4v) is 2.34. The largest absolute Gasteiger partial charge is 0.381 e. The van der Waals surface area contributed by atoms with Gasteiger partial charge < -0.3 is 14.8 Å². The molecule has 27 heavy (non-hydrogen) atoms. The van der Waals surface area contributed by atoms with Crippen molar-refractivity contribution in [1.82, 2.24) is 5.32 Å². The van der Waals surface area contributed by atoms with Gasteiger partial charge in [0.2, 0.25) is 5.91 Å². The van der Waals surface area contributed by atoms with Gasteiger partial charge in [-0.25, -0.2) is 0 Å². The van der Waals surface area contributed by atoms with E-state index in [1.807, 2.05) is 24.3 Å². The van der Waals surface area contributed by atoms with Crippen LogP contribution >= 0.6 is 0 Å². The monoisotopic (exact) mass is 377 g/mol. The van der Waals surface area contributed by atoms with Crippen molar-refractivity contribution < 1.29 is 23.9 Å². The van der Waals surface area contributed by atoms with Gasteiger partial charge in [0, 0.05) is 32.8 Å². The third-order valence-corrected chi connectivity index (χ3v) is 3.62. The van der Waals surface area contributed by atoms with Crippen molar-refractivity contribution >= 4 is 17.5 Å². The number of hydrogen-bond donors (Lipinski definition) is 1. The van der Waals surface area contributed by atoms with Crippen LogP contribution in [-0.2, 0) is 36.8 Å². The van der Waals surface area contributed by atoms with Crippen LogP contribution in [-0.4, -0.2) is 43.9 Å². The molecule has 6 nitrogen and oxygen atoms in total. The van der Waals surface area contributed by atoms with Crippen LogP contribution < -0.4 is 5.32 Å². The lowest BCUT2D eigenvalue weighted by Gasteiger charge is -2.08. The maximum atomic E-state index is 11.8. The molecular weight excluding hydrogens is 346 g/mol. The third-order valence-electron chi connectivity index (χ3n) is 3.62. The summed E-state index contributed by atoms with van der Waals surface area (Å²) in [5.41, 5.74) is 1.80. The summed E-state index contributed by atoms with van der Waals surface area (Å²) in [5, 5.41) is 2.80. The fraction of sp³-hybridized carbons (Fsp3) is 0.571. The summed E-state index contributed by atoms with van der Waals surface area (Å²) in [4.78, 5) is 34.3. The third kappa shape index (κ3) is 12.0. The van der Waals surface area contributed by atoms with Gasteiger partial charge in [0.25, 0.3) is 0 Å². The smallest absolute Gasteiger partial charge is 0.246 e. The van der Waals surface area contributed by atoms with Gasteiger partial charge in [-0.1, -0.05) is 38.1 Å². The van der Waals surface area contributed by atoms with Crippen molar-refractivity contribution in [1.29, 1.82) is 0 Å². The first-order chi connectivity index (χ1) is 12.9. The van der Waals surface area contributed by atoms with E-state index in [1.54, 1.807) is 0 Å². The SMILES string of the molecule is CC(=O)CC(=O)Cc1ccc(CNC(=O)COCCCOCC(C)C)cc1. The van der Waals surface area contributed by atoms with Crippen molar-refractivity contribution in [3.05, 3.63) is 35.4 Å². The van der Waals surface area contributed by atoms with Crippen LogP contribution in [0.2, 0.25) is 0 Å². The lowest BCUT2D eigenvalue weighted by atomic mass is 10.0. The minimum atomic E-state index is -0.168. The summed E-state index contributed by atoms with van der Waals surface area (Å²) in [7, 11) is 0. The van der Waals surface area contributed by atoms with Crippen molar-refractivity contribution in [3.63, 3.8) is 0 Å². The molecule has 1 rings (SSSR count). The number of rotatable bonds is 14. The molecule has 0 atom stereocenters. The quantitative estimate of drug-likeness (QED) is 0.398. The summed E-state index contributed by atoms with van der Waals surface area (Å²) < 4.78 is 10.8. The summed E-state index contributed by atoms with van der Waals surface area (Å²) >= 11 is 0. The van der Waals surface area contributed by atoms with Crippen LogP contribution in [0.3, 0.4) is 0 Å². The highest BCUT2D eigenvalue weighted by atomic mass is 16.5. The first-order valence-electron chi connectivity index (χ1n) is 9.38. The van der Waals surface area contributed by atoms with Gasteiger partial charge in [0.15, 0.2) is 0 Å².